The Labute approximate surface area is 208 Å². The fraction of sp³-hybridized carbons (Fsp3) is 0.148. The number of phenolic OH excluding ortho intramolecular Hbond substituents is 1. The summed E-state index contributed by atoms with van der Waals surface area (Å²) in [4.78, 5) is 18.4. The van der Waals surface area contributed by atoms with Crippen molar-refractivity contribution in [1.29, 1.82) is 0 Å². The molecule has 1 aliphatic heterocycles. The number of anilines is 2. The van der Waals surface area contributed by atoms with Crippen LogP contribution >= 0.6 is 0 Å². The molecule has 1 atom stereocenters. The summed E-state index contributed by atoms with van der Waals surface area (Å²) in [6.07, 6.45) is 0. The van der Waals surface area contributed by atoms with Crippen LogP contribution in [0.15, 0.2) is 84.1 Å². The monoisotopic (exact) mass is 483 g/mol. The molecule has 9 nitrogen and oxygen atoms in total. The molecule has 9 heteroatoms. The van der Waals surface area contributed by atoms with Crippen LogP contribution in [0.1, 0.15) is 18.5 Å². The summed E-state index contributed by atoms with van der Waals surface area (Å²) in [7, 11) is 3.15. The molecule has 182 valence electrons. The van der Waals surface area contributed by atoms with Crippen molar-refractivity contribution >= 4 is 17.5 Å². The van der Waals surface area contributed by atoms with E-state index in [-0.39, 0.29) is 11.7 Å². The smallest absolute Gasteiger partial charge is 0.255 e. The van der Waals surface area contributed by atoms with E-state index in [2.05, 4.69) is 15.6 Å². The number of ether oxygens (including phenoxy) is 2. The van der Waals surface area contributed by atoms with E-state index in [0.29, 0.717) is 45.8 Å². The van der Waals surface area contributed by atoms with E-state index < -0.39 is 6.04 Å². The van der Waals surface area contributed by atoms with Crippen molar-refractivity contribution in [3.05, 3.63) is 89.6 Å². The predicted octanol–water partition coefficient (Wildman–Crippen LogP) is 4.60. The molecule has 1 aromatic heterocycles. The number of para-hydroxylation sites is 2. The third kappa shape index (κ3) is 4.22. The molecule has 3 N–H and O–H groups in total. The Kier molecular flexibility index (Phi) is 6.03. The Morgan fingerprint density at radius 2 is 1.83 bits per heavy atom. The molecule has 0 aliphatic carbocycles. The molecule has 36 heavy (non-hydrogen) atoms. The highest BCUT2D eigenvalue weighted by Crippen LogP contribution is 2.38. The lowest BCUT2D eigenvalue weighted by Crippen LogP contribution is -2.31. The number of aromatic hydroxyl groups is 1. The molecule has 0 spiro atoms. The number of hydrogen-bond acceptors (Lipinski definition) is 7. The molecule has 0 saturated carbocycles. The molecule has 0 saturated heterocycles. The van der Waals surface area contributed by atoms with Crippen LogP contribution in [0.25, 0.3) is 11.4 Å². The van der Waals surface area contributed by atoms with Crippen molar-refractivity contribution in [3.63, 3.8) is 0 Å². The fourth-order valence-corrected chi connectivity index (χ4v) is 4.27. The maximum Gasteiger partial charge on any atom is 0.255 e. The SMILES string of the molecule is COc1cccc(C2C(C(=O)Nc3ccccc3OC)=C(C)Nc3nc(-c4cccc(O)c4)nn32)c1. The quantitative estimate of drug-likeness (QED) is 0.368. The minimum atomic E-state index is -0.593. The first-order valence-corrected chi connectivity index (χ1v) is 11.3. The summed E-state index contributed by atoms with van der Waals surface area (Å²) >= 11 is 0. The zero-order valence-electron chi connectivity index (χ0n) is 20.0. The van der Waals surface area contributed by atoms with Gasteiger partial charge in [-0.05, 0) is 48.9 Å². The van der Waals surface area contributed by atoms with Crippen LogP contribution in [0.5, 0.6) is 17.2 Å². The van der Waals surface area contributed by atoms with Crippen LogP contribution in [-0.4, -0.2) is 40.0 Å². The second-order valence-corrected chi connectivity index (χ2v) is 8.25. The predicted molar refractivity (Wildman–Crippen MR) is 136 cm³/mol. The largest absolute Gasteiger partial charge is 0.508 e. The second kappa shape index (κ2) is 9.46. The number of carbonyl (C=O) groups is 1. The van der Waals surface area contributed by atoms with Crippen LogP contribution in [0.4, 0.5) is 11.6 Å². The van der Waals surface area contributed by atoms with Gasteiger partial charge in [0.15, 0.2) is 5.82 Å². The van der Waals surface area contributed by atoms with Gasteiger partial charge in [-0.2, -0.15) is 4.98 Å². The molecule has 5 rings (SSSR count). The second-order valence-electron chi connectivity index (χ2n) is 8.25. The number of benzene rings is 3. The van der Waals surface area contributed by atoms with E-state index in [0.717, 1.165) is 5.56 Å². The Morgan fingerprint density at radius 3 is 2.61 bits per heavy atom. The molecule has 3 aromatic carbocycles. The molecule has 0 fully saturated rings. The number of rotatable bonds is 6. The number of aromatic nitrogens is 3. The summed E-state index contributed by atoms with van der Waals surface area (Å²) < 4.78 is 12.5. The first-order chi connectivity index (χ1) is 17.5. The standard InChI is InChI=1S/C27H25N5O4/c1-16-23(26(34)29-21-12-4-5-13-22(21)36-3)24(17-8-7-11-20(15-17)35-2)32-27(28-16)30-25(31-32)18-9-6-10-19(33)14-18/h4-15,24,33H,1-3H3,(H,29,34)(H,28,30,31). The summed E-state index contributed by atoms with van der Waals surface area (Å²) in [5, 5.41) is 20.9. The maximum absolute atomic E-state index is 13.7. The minimum Gasteiger partial charge on any atom is -0.508 e. The van der Waals surface area contributed by atoms with Gasteiger partial charge in [0.2, 0.25) is 5.95 Å². The minimum absolute atomic E-state index is 0.115. The third-order valence-corrected chi connectivity index (χ3v) is 5.97. The van der Waals surface area contributed by atoms with E-state index >= 15 is 0 Å². The number of hydrogen-bond donors (Lipinski definition) is 3. The molecule has 2 heterocycles. The number of phenols is 1. The normalized spacial score (nSPS) is 14.6. The van der Waals surface area contributed by atoms with Gasteiger partial charge in [0.25, 0.3) is 5.91 Å². The van der Waals surface area contributed by atoms with Crippen LogP contribution in [-0.2, 0) is 4.79 Å². The molecule has 0 radical (unpaired) electrons. The van der Waals surface area contributed by atoms with Gasteiger partial charge in [-0.25, -0.2) is 4.68 Å². The number of methoxy groups -OCH3 is 2. The highest BCUT2D eigenvalue weighted by molar-refractivity contribution is 6.06. The number of carbonyl (C=O) groups excluding carboxylic acids is 1. The van der Waals surface area contributed by atoms with Crippen molar-refractivity contribution in [2.24, 2.45) is 0 Å². The topological polar surface area (TPSA) is 111 Å². The van der Waals surface area contributed by atoms with Gasteiger partial charge < -0.3 is 25.2 Å². The van der Waals surface area contributed by atoms with Gasteiger partial charge in [-0.1, -0.05) is 36.4 Å². The first-order valence-electron chi connectivity index (χ1n) is 11.3. The van der Waals surface area contributed by atoms with Gasteiger partial charge in [0.1, 0.15) is 23.3 Å². The molecule has 4 aromatic rings. The van der Waals surface area contributed by atoms with Crippen molar-refractivity contribution in [3.8, 4) is 28.6 Å². The van der Waals surface area contributed by atoms with E-state index in [1.807, 2.05) is 49.4 Å². The first kappa shape index (κ1) is 23.0. The maximum atomic E-state index is 13.7. The van der Waals surface area contributed by atoms with E-state index in [1.54, 1.807) is 49.2 Å². The molecule has 1 amide bonds. The van der Waals surface area contributed by atoms with E-state index in [1.165, 1.54) is 0 Å². The zero-order chi connectivity index (χ0) is 25.2. The molecule has 0 bridgehead atoms. The number of allylic oxidation sites excluding steroid dienone is 1. The number of fused-ring (bicyclic) bond motifs is 1. The molecule has 1 aliphatic rings. The molecule has 1 unspecified atom stereocenters. The highest BCUT2D eigenvalue weighted by Gasteiger charge is 2.35. The van der Waals surface area contributed by atoms with Gasteiger partial charge in [0.05, 0.1) is 25.5 Å². The van der Waals surface area contributed by atoms with Crippen molar-refractivity contribution < 1.29 is 19.4 Å². The van der Waals surface area contributed by atoms with Crippen LogP contribution in [0.2, 0.25) is 0 Å². The van der Waals surface area contributed by atoms with Crippen LogP contribution < -0.4 is 20.1 Å². The van der Waals surface area contributed by atoms with Crippen LogP contribution in [0, 0.1) is 0 Å². The molecular formula is C27H25N5O4. The lowest BCUT2D eigenvalue weighted by molar-refractivity contribution is -0.113. The van der Waals surface area contributed by atoms with Gasteiger partial charge in [0, 0.05) is 11.3 Å². The Hall–Kier alpha value is -4.79. The van der Waals surface area contributed by atoms with Crippen LogP contribution in [0.3, 0.4) is 0 Å². The average Bonchev–Trinajstić information content (AvgIpc) is 3.31. The highest BCUT2D eigenvalue weighted by atomic mass is 16.5. The molecular weight excluding hydrogens is 458 g/mol. The summed E-state index contributed by atoms with van der Waals surface area (Å²) in [6, 6.07) is 20.9. The Morgan fingerprint density at radius 1 is 1.03 bits per heavy atom. The third-order valence-electron chi connectivity index (χ3n) is 5.97. The van der Waals surface area contributed by atoms with Crippen molar-refractivity contribution in [2.45, 2.75) is 13.0 Å². The average molecular weight is 484 g/mol. The van der Waals surface area contributed by atoms with Crippen molar-refractivity contribution in [1.82, 2.24) is 14.8 Å². The van der Waals surface area contributed by atoms with Gasteiger partial charge >= 0.3 is 0 Å². The van der Waals surface area contributed by atoms with Gasteiger partial charge in [-0.15, -0.1) is 5.10 Å². The van der Waals surface area contributed by atoms with E-state index in [9.17, 15) is 9.90 Å². The lowest BCUT2D eigenvalue weighted by Gasteiger charge is -2.29. The number of nitrogens with one attached hydrogen (secondary N) is 2. The summed E-state index contributed by atoms with van der Waals surface area (Å²) in [5.41, 5.74) is 3.11. The fourth-order valence-electron chi connectivity index (χ4n) is 4.27. The van der Waals surface area contributed by atoms with E-state index in [4.69, 9.17) is 14.6 Å². The number of nitrogens with zero attached hydrogens (tertiary/aromatic N) is 3. The number of amides is 1. The zero-order valence-corrected chi connectivity index (χ0v) is 20.0. The lowest BCUT2D eigenvalue weighted by atomic mass is 9.95. The Balaban J connectivity index is 1.62. The van der Waals surface area contributed by atoms with Gasteiger partial charge in [-0.3, -0.25) is 4.79 Å². The van der Waals surface area contributed by atoms with Crippen molar-refractivity contribution in [2.75, 3.05) is 24.9 Å². The Bertz CT molecular complexity index is 1480. The summed E-state index contributed by atoms with van der Waals surface area (Å²) in [5.74, 6) is 1.91. The summed E-state index contributed by atoms with van der Waals surface area (Å²) in [6.45, 7) is 1.83.